The van der Waals surface area contributed by atoms with Gasteiger partial charge in [0.25, 0.3) is 0 Å². The summed E-state index contributed by atoms with van der Waals surface area (Å²) in [5.74, 6) is 1.35. The van der Waals surface area contributed by atoms with Gasteiger partial charge < -0.3 is 4.42 Å². The van der Waals surface area contributed by atoms with Crippen LogP contribution in [0.3, 0.4) is 0 Å². The molecule has 0 radical (unpaired) electrons. The SMILES string of the molecule is CC1(Cc2ccc(Br)o2)CCC(=O)C1. The fraction of sp³-hybridized carbons (Fsp3) is 0.545. The number of furan rings is 1. The molecule has 0 aliphatic heterocycles. The van der Waals surface area contributed by atoms with Crippen LogP contribution >= 0.6 is 15.9 Å². The lowest BCUT2D eigenvalue weighted by Crippen LogP contribution is -2.15. The van der Waals surface area contributed by atoms with Gasteiger partial charge in [-0.2, -0.15) is 0 Å². The molecule has 2 rings (SSSR count). The predicted molar refractivity (Wildman–Crippen MR) is 57.1 cm³/mol. The van der Waals surface area contributed by atoms with Crippen LogP contribution in [-0.4, -0.2) is 5.78 Å². The van der Waals surface area contributed by atoms with Crippen molar-refractivity contribution in [2.24, 2.45) is 5.41 Å². The lowest BCUT2D eigenvalue weighted by molar-refractivity contribution is -0.117. The first kappa shape index (κ1) is 9.97. The van der Waals surface area contributed by atoms with E-state index in [4.69, 9.17) is 4.42 Å². The van der Waals surface area contributed by atoms with Crippen molar-refractivity contribution >= 4 is 21.7 Å². The van der Waals surface area contributed by atoms with Crippen molar-refractivity contribution in [3.63, 3.8) is 0 Å². The Bertz CT molecular complexity index is 356. The summed E-state index contributed by atoms with van der Waals surface area (Å²) in [4.78, 5) is 11.2. The largest absolute Gasteiger partial charge is 0.454 e. The minimum Gasteiger partial charge on any atom is -0.454 e. The van der Waals surface area contributed by atoms with Gasteiger partial charge in [0, 0.05) is 19.3 Å². The molecule has 0 amide bonds. The highest BCUT2D eigenvalue weighted by Crippen LogP contribution is 2.38. The molecule has 1 fully saturated rings. The Kier molecular flexibility index (Phi) is 2.52. The van der Waals surface area contributed by atoms with Crippen LogP contribution in [0, 0.1) is 5.41 Å². The summed E-state index contributed by atoms with van der Waals surface area (Å²) in [6.07, 6.45) is 3.29. The maximum Gasteiger partial charge on any atom is 0.169 e. The molecule has 14 heavy (non-hydrogen) atoms. The molecule has 1 heterocycles. The summed E-state index contributed by atoms with van der Waals surface area (Å²) in [5.41, 5.74) is 0.119. The van der Waals surface area contributed by atoms with Gasteiger partial charge in [0.1, 0.15) is 11.5 Å². The van der Waals surface area contributed by atoms with Gasteiger partial charge in [-0.05, 0) is 39.9 Å². The zero-order chi connectivity index (χ0) is 10.2. The van der Waals surface area contributed by atoms with E-state index in [1.807, 2.05) is 12.1 Å². The highest BCUT2D eigenvalue weighted by Gasteiger charge is 2.34. The van der Waals surface area contributed by atoms with E-state index in [0.29, 0.717) is 12.2 Å². The molecule has 0 spiro atoms. The van der Waals surface area contributed by atoms with Crippen LogP contribution in [0.1, 0.15) is 31.9 Å². The van der Waals surface area contributed by atoms with Crippen molar-refractivity contribution in [2.75, 3.05) is 0 Å². The first-order valence-corrected chi connectivity index (χ1v) is 5.63. The first-order valence-electron chi connectivity index (χ1n) is 4.83. The van der Waals surface area contributed by atoms with Gasteiger partial charge in [-0.3, -0.25) is 4.79 Å². The second kappa shape index (κ2) is 3.54. The Morgan fingerprint density at radius 1 is 1.57 bits per heavy atom. The lowest BCUT2D eigenvalue weighted by Gasteiger charge is -2.20. The number of carbonyl (C=O) groups is 1. The van der Waals surface area contributed by atoms with Gasteiger partial charge in [0.15, 0.2) is 4.67 Å². The summed E-state index contributed by atoms with van der Waals surface area (Å²) >= 11 is 3.28. The van der Waals surface area contributed by atoms with E-state index in [0.717, 1.165) is 29.7 Å². The topological polar surface area (TPSA) is 30.2 Å². The Balaban J connectivity index is 2.07. The third-order valence-corrected chi connectivity index (χ3v) is 3.29. The highest BCUT2D eigenvalue weighted by atomic mass is 79.9. The van der Waals surface area contributed by atoms with Crippen LogP contribution in [0.25, 0.3) is 0 Å². The molecule has 1 aliphatic carbocycles. The molecule has 0 bridgehead atoms. The molecule has 0 N–H and O–H groups in total. The van der Waals surface area contributed by atoms with Crippen molar-refractivity contribution in [2.45, 2.75) is 32.6 Å². The van der Waals surface area contributed by atoms with Gasteiger partial charge in [0.05, 0.1) is 0 Å². The number of halogens is 1. The number of carbonyl (C=O) groups excluding carboxylic acids is 1. The second-order valence-electron chi connectivity index (χ2n) is 4.41. The predicted octanol–water partition coefficient (Wildman–Crippen LogP) is 3.34. The Labute approximate surface area is 91.8 Å². The van der Waals surface area contributed by atoms with E-state index < -0.39 is 0 Å². The van der Waals surface area contributed by atoms with Crippen LogP contribution in [0.2, 0.25) is 0 Å². The van der Waals surface area contributed by atoms with Crippen LogP contribution in [-0.2, 0) is 11.2 Å². The summed E-state index contributed by atoms with van der Waals surface area (Å²) in [5, 5.41) is 0. The normalized spacial score (nSPS) is 27.1. The van der Waals surface area contributed by atoms with E-state index >= 15 is 0 Å². The molecule has 0 aromatic carbocycles. The molecule has 1 aromatic heterocycles. The Hall–Kier alpha value is -0.570. The minimum absolute atomic E-state index is 0.119. The Morgan fingerprint density at radius 2 is 2.36 bits per heavy atom. The monoisotopic (exact) mass is 256 g/mol. The molecule has 76 valence electrons. The maximum absolute atomic E-state index is 11.2. The fourth-order valence-corrected chi connectivity index (χ4v) is 2.45. The number of Topliss-reactive ketones (excluding diaryl/α,β-unsaturated/α-hetero) is 1. The van der Waals surface area contributed by atoms with Crippen LogP contribution in [0.5, 0.6) is 0 Å². The van der Waals surface area contributed by atoms with Gasteiger partial charge in [0.2, 0.25) is 0 Å². The summed E-state index contributed by atoms with van der Waals surface area (Å²) in [6.45, 7) is 2.16. The van der Waals surface area contributed by atoms with E-state index in [1.54, 1.807) is 0 Å². The van der Waals surface area contributed by atoms with Gasteiger partial charge in [-0.25, -0.2) is 0 Å². The van der Waals surface area contributed by atoms with Gasteiger partial charge in [-0.15, -0.1) is 0 Å². The van der Waals surface area contributed by atoms with Crippen LogP contribution in [0.4, 0.5) is 0 Å². The van der Waals surface area contributed by atoms with Crippen LogP contribution < -0.4 is 0 Å². The summed E-state index contributed by atoms with van der Waals surface area (Å²) in [6, 6.07) is 3.87. The molecule has 3 heteroatoms. The minimum atomic E-state index is 0.119. The van der Waals surface area contributed by atoms with Crippen molar-refractivity contribution in [1.82, 2.24) is 0 Å². The number of ketones is 1. The highest BCUT2D eigenvalue weighted by molar-refractivity contribution is 9.10. The Morgan fingerprint density at radius 3 is 2.86 bits per heavy atom. The average Bonchev–Trinajstić information content (AvgIpc) is 2.60. The van der Waals surface area contributed by atoms with E-state index in [2.05, 4.69) is 22.9 Å². The quantitative estimate of drug-likeness (QED) is 0.813. The summed E-state index contributed by atoms with van der Waals surface area (Å²) in [7, 11) is 0. The van der Waals surface area contributed by atoms with Crippen molar-refractivity contribution in [3.8, 4) is 0 Å². The smallest absolute Gasteiger partial charge is 0.169 e. The van der Waals surface area contributed by atoms with E-state index in [-0.39, 0.29) is 5.41 Å². The number of hydrogen-bond donors (Lipinski definition) is 0. The average molecular weight is 257 g/mol. The fourth-order valence-electron chi connectivity index (χ4n) is 2.11. The maximum atomic E-state index is 11.2. The molecule has 1 saturated carbocycles. The third kappa shape index (κ3) is 2.08. The zero-order valence-electron chi connectivity index (χ0n) is 8.18. The number of rotatable bonds is 2. The van der Waals surface area contributed by atoms with Gasteiger partial charge >= 0.3 is 0 Å². The van der Waals surface area contributed by atoms with Crippen LogP contribution in [0.15, 0.2) is 21.2 Å². The molecule has 2 nitrogen and oxygen atoms in total. The van der Waals surface area contributed by atoms with Gasteiger partial charge in [-0.1, -0.05) is 6.92 Å². The molecule has 1 atom stereocenters. The van der Waals surface area contributed by atoms with Crippen molar-refractivity contribution in [3.05, 3.63) is 22.6 Å². The first-order chi connectivity index (χ1) is 6.57. The van der Waals surface area contributed by atoms with Crippen molar-refractivity contribution in [1.29, 1.82) is 0 Å². The molecule has 1 aromatic rings. The third-order valence-electron chi connectivity index (χ3n) is 2.86. The molecule has 0 saturated heterocycles. The molecular weight excluding hydrogens is 244 g/mol. The van der Waals surface area contributed by atoms with E-state index in [9.17, 15) is 4.79 Å². The molecular formula is C11H13BrO2. The standard InChI is InChI=1S/C11H13BrO2/c1-11(5-4-8(13)6-11)7-9-2-3-10(12)14-9/h2-3H,4-7H2,1H3. The lowest BCUT2D eigenvalue weighted by atomic mass is 9.84. The number of hydrogen-bond acceptors (Lipinski definition) is 2. The second-order valence-corrected chi connectivity index (χ2v) is 5.19. The molecule has 1 aliphatic rings. The zero-order valence-corrected chi connectivity index (χ0v) is 9.76. The van der Waals surface area contributed by atoms with E-state index in [1.165, 1.54) is 0 Å². The summed E-state index contributed by atoms with van der Waals surface area (Å²) < 4.78 is 6.22. The molecule has 1 unspecified atom stereocenters. The van der Waals surface area contributed by atoms with Crippen molar-refractivity contribution < 1.29 is 9.21 Å².